The number of likely N-dealkylation sites (tertiary alicyclic amines) is 1. The molecule has 1 saturated heterocycles. The van der Waals surface area contributed by atoms with E-state index in [1.807, 2.05) is 35.0 Å². The van der Waals surface area contributed by atoms with Crippen molar-refractivity contribution in [2.75, 3.05) is 13.1 Å². The van der Waals surface area contributed by atoms with Gasteiger partial charge in [0, 0.05) is 66.0 Å². The first kappa shape index (κ1) is 19.7. The van der Waals surface area contributed by atoms with Gasteiger partial charge < -0.3 is 4.57 Å². The first-order valence-electron chi connectivity index (χ1n) is 11.2. The highest BCUT2D eigenvalue weighted by atomic mass is 35.5. The molecule has 0 radical (unpaired) electrons. The lowest BCUT2D eigenvalue weighted by molar-refractivity contribution is 0.114. The van der Waals surface area contributed by atoms with Gasteiger partial charge in [0.25, 0.3) is 5.56 Å². The molecular weight excluding hydrogens is 418 g/mol. The zero-order valence-corrected chi connectivity index (χ0v) is 18.5. The second kappa shape index (κ2) is 7.88. The van der Waals surface area contributed by atoms with E-state index in [-0.39, 0.29) is 5.56 Å². The number of pyridine rings is 2. The average Bonchev–Trinajstić information content (AvgIpc) is 2.80. The molecule has 2 aromatic heterocycles. The third-order valence-corrected chi connectivity index (χ3v) is 7.13. The van der Waals surface area contributed by atoms with Crippen molar-refractivity contribution in [1.82, 2.24) is 14.5 Å². The van der Waals surface area contributed by atoms with Gasteiger partial charge in [-0.15, -0.1) is 0 Å². The Balaban J connectivity index is 1.33. The Hall–Kier alpha value is -2.95. The quantitative estimate of drug-likeness (QED) is 0.431. The lowest BCUT2D eigenvalue weighted by Gasteiger charge is -2.43. The molecule has 2 aliphatic rings. The standard InChI is InChI=1S/C27H24ClN3O/c28-23-7-5-20(6-8-23)24-9-10-26(32)31-16-19-12-22(27(24)31)17-30(15-19)14-18-11-21-3-1-2-4-25(21)29-13-18/h1-11,13,19,22H,12,14-17H2. The Morgan fingerprint density at radius 1 is 0.969 bits per heavy atom. The average molecular weight is 442 g/mol. The van der Waals surface area contributed by atoms with E-state index in [2.05, 4.69) is 46.3 Å². The van der Waals surface area contributed by atoms with Gasteiger partial charge in [-0.25, -0.2) is 0 Å². The van der Waals surface area contributed by atoms with E-state index >= 15 is 0 Å². The molecule has 6 rings (SSSR count). The van der Waals surface area contributed by atoms with Crippen molar-refractivity contribution in [3.8, 4) is 11.1 Å². The van der Waals surface area contributed by atoms with Crippen molar-refractivity contribution in [2.45, 2.75) is 25.4 Å². The summed E-state index contributed by atoms with van der Waals surface area (Å²) in [7, 11) is 0. The van der Waals surface area contributed by atoms with E-state index in [1.54, 1.807) is 6.07 Å². The summed E-state index contributed by atoms with van der Waals surface area (Å²) in [6, 6.07) is 22.2. The van der Waals surface area contributed by atoms with Gasteiger partial charge in [-0.1, -0.05) is 41.9 Å². The molecule has 2 aromatic carbocycles. The van der Waals surface area contributed by atoms with Crippen LogP contribution in [0.5, 0.6) is 0 Å². The van der Waals surface area contributed by atoms with Gasteiger partial charge in [0.2, 0.25) is 0 Å². The summed E-state index contributed by atoms with van der Waals surface area (Å²) >= 11 is 6.12. The van der Waals surface area contributed by atoms with Crippen LogP contribution < -0.4 is 5.56 Å². The van der Waals surface area contributed by atoms with Gasteiger partial charge in [0.1, 0.15) is 0 Å². The zero-order valence-electron chi connectivity index (χ0n) is 17.7. The van der Waals surface area contributed by atoms with Crippen molar-refractivity contribution in [3.63, 3.8) is 0 Å². The zero-order chi connectivity index (χ0) is 21.7. The Labute approximate surface area is 192 Å². The maximum atomic E-state index is 12.7. The van der Waals surface area contributed by atoms with Crippen LogP contribution in [0, 0.1) is 5.92 Å². The molecule has 160 valence electrons. The van der Waals surface area contributed by atoms with Crippen LogP contribution >= 0.6 is 11.6 Å². The first-order valence-corrected chi connectivity index (χ1v) is 11.6. The molecule has 2 unspecified atom stereocenters. The SMILES string of the molecule is O=c1ccc(-c2ccc(Cl)cc2)c2n1CC1CC2CN(Cc2cnc3ccccc3c2)C1. The molecule has 4 nitrogen and oxygen atoms in total. The van der Waals surface area contributed by atoms with Crippen LogP contribution in [0.15, 0.2) is 77.7 Å². The molecule has 5 heteroatoms. The fourth-order valence-electron chi connectivity index (χ4n) is 5.58. The monoisotopic (exact) mass is 441 g/mol. The molecule has 0 saturated carbocycles. The minimum absolute atomic E-state index is 0.111. The molecule has 1 fully saturated rings. The van der Waals surface area contributed by atoms with Gasteiger partial charge in [-0.05, 0) is 53.8 Å². The molecule has 4 aromatic rings. The largest absolute Gasteiger partial charge is 0.311 e. The minimum Gasteiger partial charge on any atom is -0.311 e. The Morgan fingerprint density at radius 2 is 1.81 bits per heavy atom. The van der Waals surface area contributed by atoms with E-state index < -0.39 is 0 Å². The summed E-state index contributed by atoms with van der Waals surface area (Å²) in [6.45, 7) is 3.64. The number of para-hydroxylation sites is 1. The van der Waals surface area contributed by atoms with Crippen LogP contribution in [-0.2, 0) is 13.1 Å². The number of halogens is 1. The molecule has 2 bridgehead atoms. The van der Waals surface area contributed by atoms with E-state index in [4.69, 9.17) is 11.6 Å². The summed E-state index contributed by atoms with van der Waals surface area (Å²) in [4.78, 5) is 19.9. The van der Waals surface area contributed by atoms with Crippen LogP contribution in [-0.4, -0.2) is 27.5 Å². The maximum Gasteiger partial charge on any atom is 0.250 e. The lowest BCUT2D eigenvalue weighted by Crippen LogP contribution is -2.47. The summed E-state index contributed by atoms with van der Waals surface area (Å²) < 4.78 is 2.03. The van der Waals surface area contributed by atoms with E-state index in [9.17, 15) is 4.79 Å². The van der Waals surface area contributed by atoms with E-state index in [1.165, 1.54) is 16.6 Å². The number of benzene rings is 2. The van der Waals surface area contributed by atoms with Gasteiger partial charge >= 0.3 is 0 Å². The highest BCUT2D eigenvalue weighted by molar-refractivity contribution is 6.30. The summed E-state index contributed by atoms with van der Waals surface area (Å²) in [5.74, 6) is 0.836. The van der Waals surface area contributed by atoms with Crippen LogP contribution in [0.25, 0.3) is 22.0 Å². The van der Waals surface area contributed by atoms with Gasteiger partial charge in [0.15, 0.2) is 0 Å². The van der Waals surface area contributed by atoms with Crippen molar-refractivity contribution in [2.24, 2.45) is 5.92 Å². The Bertz CT molecular complexity index is 1360. The van der Waals surface area contributed by atoms with Crippen LogP contribution in [0.3, 0.4) is 0 Å². The van der Waals surface area contributed by atoms with Crippen molar-refractivity contribution in [3.05, 3.63) is 99.6 Å². The second-order valence-corrected chi connectivity index (χ2v) is 9.55. The third kappa shape index (κ3) is 3.54. The molecule has 2 aliphatic heterocycles. The number of piperidine rings is 1. The first-order chi connectivity index (χ1) is 15.6. The smallest absolute Gasteiger partial charge is 0.250 e. The number of hydrogen-bond acceptors (Lipinski definition) is 3. The molecule has 2 atom stereocenters. The van der Waals surface area contributed by atoms with E-state index in [0.717, 1.165) is 54.3 Å². The summed E-state index contributed by atoms with van der Waals surface area (Å²) in [5, 5.41) is 1.91. The maximum absolute atomic E-state index is 12.7. The molecular formula is C27H24ClN3O. The lowest BCUT2D eigenvalue weighted by atomic mass is 9.80. The Kier molecular flexibility index (Phi) is 4.85. The summed E-state index contributed by atoms with van der Waals surface area (Å²) in [6.07, 6.45) is 3.14. The topological polar surface area (TPSA) is 38.1 Å². The minimum atomic E-state index is 0.111. The summed E-state index contributed by atoms with van der Waals surface area (Å²) in [5.41, 5.74) is 5.84. The highest BCUT2D eigenvalue weighted by Crippen LogP contribution is 2.40. The van der Waals surface area contributed by atoms with Crippen molar-refractivity contribution < 1.29 is 0 Å². The fraction of sp³-hybridized carbons (Fsp3) is 0.259. The molecule has 0 aliphatic carbocycles. The predicted octanol–water partition coefficient (Wildman–Crippen LogP) is 5.34. The normalized spacial score (nSPS) is 20.3. The predicted molar refractivity (Wildman–Crippen MR) is 129 cm³/mol. The van der Waals surface area contributed by atoms with Crippen molar-refractivity contribution >= 4 is 22.5 Å². The molecule has 4 heterocycles. The fourth-order valence-corrected chi connectivity index (χ4v) is 5.70. The second-order valence-electron chi connectivity index (χ2n) is 9.12. The van der Waals surface area contributed by atoms with Crippen molar-refractivity contribution in [1.29, 1.82) is 0 Å². The van der Waals surface area contributed by atoms with Crippen LogP contribution in [0.1, 0.15) is 23.6 Å². The van der Waals surface area contributed by atoms with Gasteiger partial charge in [-0.2, -0.15) is 0 Å². The van der Waals surface area contributed by atoms with Gasteiger partial charge in [0.05, 0.1) is 5.52 Å². The van der Waals surface area contributed by atoms with Gasteiger partial charge in [-0.3, -0.25) is 14.7 Å². The van der Waals surface area contributed by atoms with Crippen LogP contribution in [0.4, 0.5) is 0 Å². The number of aromatic nitrogens is 2. The number of nitrogens with zero attached hydrogens (tertiary/aromatic N) is 3. The molecule has 0 N–H and O–H groups in total. The number of hydrogen-bond donors (Lipinski definition) is 0. The van der Waals surface area contributed by atoms with Crippen LogP contribution in [0.2, 0.25) is 5.02 Å². The number of fused-ring (bicyclic) bond motifs is 5. The molecule has 0 spiro atoms. The number of rotatable bonds is 3. The molecule has 0 amide bonds. The highest BCUT2D eigenvalue weighted by Gasteiger charge is 2.36. The molecule has 32 heavy (non-hydrogen) atoms. The third-order valence-electron chi connectivity index (χ3n) is 6.87. The van der Waals surface area contributed by atoms with E-state index in [0.29, 0.717) is 11.8 Å². The Morgan fingerprint density at radius 3 is 2.69 bits per heavy atom.